The molecule has 2 saturated carbocycles. The van der Waals surface area contributed by atoms with Crippen LogP contribution < -0.4 is 10.6 Å². The molecule has 0 aromatic heterocycles. The molecular weight excluding hydrogens is 420 g/mol. The van der Waals surface area contributed by atoms with Crippen molar-refractivity contribution >= 4 is 18.0 Å². The van der Waals surface area contributed by atoms with E-state index < -0.39 is 23.0 Å². The second-order valence-corrected chi connectivity index (χ2v) is 9.51. The lowest BCUT2D eigenvalue weighted by molar-refractivity contribution is -0.155. The number of rotatable bonds is 7. The largest absolute Gasteiger partial charge is 0.480 e. The number of fused-ring (bicyclic) bond motifs is 3. The Morgan fingerprint density at radius 3 is 1.97 bits per heavy atom. The van der Waals surface area contributed by atoms with Crippen LogP contribution in [0.5, 0.6) is 0 Å². The van der Waals surface area contributed by atoms with Crippen LogP contribution in [-0.4, -0.2) is 41.8 Å². The van der Waals surface area contributed by atoms with Crippen LogP contribution in [0.3, 0.4) is 0 Å². The number of alkyl carbamates (subject to hydrolysis) is 1. The van der Waals surface area contributed by atoms with Gasteiger partial charge in [-0.05, 0) is 54.4 Å². The van der Waals surface area contributed by atoms with Gasteiger partial charge >= 0.3 is 12.1 Å². The van der Waals surface area contributed by atoms with Gasteiger partial charge < -0.3 is 20.5 Å². The van der Waals surface area contributed by atoms with Crippen LogP contribution in [0.2, 0.25) is 0 Å². The van der Waals surface area contributed by atoms with Crippen LogP contribution in [0, 0.1) is 5.41 Å². The molecule has 2 aromatic rings. The average molecular weight is 449 g/mol. The van der Waals surface area contributed by atoms with E-state index in [1.807, 2.05) is 24.3 Å². The summed E-state index contributed by atoms with van der Waals surface area (Å²) in [5.74, 6) is -1.30. The fourth-order valence-corrected chi connectivity index (χ4v) is 5.25. The van der Waals surface area contributed by atoms with Crippen LogP contribution in [0.15, 0.2) is 48.5 Å². The van der Waals surface area contributed by atoms with Crippen LogP contribution in [0.25, 0.3) is 11.1 Å². The first-order valence-corrected chi connectivity index (χ1v) is 11.6. The molecule has 3 aliphatic rings. The lowest BCUT2D eigenvalue weighted by atomic mass is 9.66. The molecule has 172 valence electrons. The Morgan fingerprint density at radius 2 is 1.48 bits per heavy atom. The van der Waals surface area contributed by atoms with Crippen molar-refractivity contribution in [2.24, 2.45) is 5.41 Å². The topological polar surface area (TPSA) is 105 Å². The van der Waals surface area contributed by atoms with Gasteiger partial charge in [-0.15, -0.1) is 0 Å². The van der Waals surface area contributed by atoms with Crippen LogP contribution in [0.4, 0.5) is 4.79 Å². The Morgan fingerprint density at radius 1 is 0.909 bits per heavy atom. The number of aliphatic carboxylic acids is 1. The van der Waals surface area contributed by atoms with E-state index in [9.17, 15) is 19.5 Å². The Hall–Kier alpha value is -3.35. The Balaban J connectivity index is 1.20. The summed E-state index contributed by atoms with van der Waals surface area (Å²) in [5, 5.41) is 15.0. The summed E-state index contributed by atoms with van der Waals surface area (Å²) in [4.78, 5) is 37.1. The third-order valence-corrected chi connectivity index (χ3v) is 7.68. The monoisotopic (exact) mass is 448 g/mol. The zero-order valence-electron chi connectivity index (χ0n) is 18.4. The van der Waals surface area contributed by atoms with E-state index >= 15 is 0 Å². The molecule has 0 heterocycles. The van der Waals surface area contributed by atoms with E-state index in [4.69, 9.17) is 4.74 Å². The van der Waals surface area contributed by atoms with E-state index in [0.717, 1.165) is 35.1 Å². The van der Waals surface area contributed by atoms with Crippen molar-refractivity contribution in [2.75, 3.05) is 13.2 Å². The molecule has 0 radical (unpaired) electrons. The summed E-state index contributed by atoms with van der Waals surface area (Å²) >= 11 is 0. The maximum Gasteiger partial charge on any atom is 0.407 e. The first kappa shape index (κ1) is 21.5. The van der Waals surface area contributed by atoms with Gasteiger partial charge in [0.15, 0.2) is 0 Å². The fourth-order valence-electron chi connectivity index (χ4n) is 5.25. The minimum atomic E-state index is -1.15. The Bertz CT molecular complexity index is 1060. The maximum atomic E-state index is 12.9. The van der Waals surface area contributed by atoms with E-state index in [0.29, 0.717) is 25.7 Å². The predicted octanol–water partition coefficient (Wildman–Crippen LogP) is 3.82. The SMILES string of the molecule is O=C(NCC1(C(=O)NC2(C(=O)O)CCC2)CCC1)OCC1c2ccccc2-c2ccccc21. The zero-order valence-corrected chi connectivity index (χ0v) is 18.4. The van der Waals surface area contributed by atoms with Crippen LogP contribution in [0.1, 0.15) is 55.6 Å². The molecule has 33 heavy (non-hydrogen) atoms. The fraction of sp³-hybridized carbons (Fsp3) is 0.423. The molecule has 2 fully saturated rings. The minimum Gasteiger partial charge on any atom is -0.480 e. The number of carbonyl (C=O) groups is 3. The average Bonchev–Trinajstić information content (AvgIpc) is 3.07. The molecular formula is C26H28N2O5. The number of amides is 2. The van der Waals surface area contributed by atoms with Gasteiger partial charge in [0.25, 0.3) is 0 Å². The first-order chi connectivity index (χ1) is 15.9. The summed E-state index contributed by atoms with van der Waals surface area (Å²) in [7, 11) is 0. The van der Waals surface area contributed by atoms with Crippen molar-refractivity contribution in [1.29, 1.82) is 0 Å². The van der Waals surface area contributed by atoms with Gasteiger partial charge in [0, 0.05) is 12.5 Å². The highest BCUT2D eigenvalue weighted by atomic mass is 16.5. The number of ether oxygens (including phenoxy) is 1. The molecule has 0 saturated heterocycles. The van der Waals surface area contributed by atoms with Gasteiger partial charge in [-0.1, -0.05) is 55.0 Å². The van der Waals surface area contributed by atoms with Crippen molar-refractivity contribution in [2.45, 2.75) is 50.0 Å². The highest BCUT2D eigenvalue weighted by Crippen LogP contribution is 2.45. The molecule has 0 unspecified atom stereocenters. The lowest BCUT2D eigenvalue weighted by Gasteiger charge is -2.45. The minimum absolute atomic E-state index is 0.0295. The summed E-state index contributed by atoms with van der Waals surface area (Å²) in [6.07, 6.45) is 3.24. The Labute approximate surface area is 192 Å². The van der Waals surface area contributed by atoms with Crippen molar-refractivity contribution in [3.05, 3.63) is 59.7 Å². The zero-order chi connectivity index (χ0) is 23.1. The molecule has 2 aromatic carbocycles. The summed E-state index contributed by atoms with van der Waals surface area (Å²) < 4.78 is 5.58. The molecule has 7 heteroatoms. The van der Waals surface area contributed by atoms with Gasteiger partial charge in [-0.2, -0.15) is 0 Å². The highest BCUT2D eigenvalue weighted by Gasteiger charge is 2.51. The summed E-state index contributed by atoms with van der Waals surface area (Å²) in [5.41, 5.74) is 2.69. The molecule has 0 atom stereocenters. The number of hydrogen-bond acceptors (Lipinski definition) is 4. The third kappa shape index (κ3) is 3.65. The summed E-state index contributed by atoms with van der Waals surface area (Å²) in [6.45, 7) is 0.354. The van der Waals surface area contributed by atoms with Gasteiger partial charge in [0.2, 0.25) is 5.91 Å². The van der Waals surface area contributed by atoms with Crippen LogP contribution in [-0.2, 0) is 14.3 Å². The molecule has 5 rings (SSSR count). The predicted molar refractivity (Wildman–Crippen MR) is 122 cm³/mol. The van der Waals surface area contributed by atoms with Gasteiger partial charge in [0.05, 0.1) is 5.41 Å². The van der Waals surface area contributed by atoms with Crippen molar-refractivity contribution in [1.82, 2.24) is 10.6 Å². The second-order valence-electron chi connectivity index (χ2n) is 9.51. The third-order valence-electron chi connectivity index (χ3n) is 7.68. The van der Waals surface area contributed by atoms with E-state index in [1.54, 1.807) is 0 Å². The van der Waals surface area contributed by atoms with Gasteiger partial charge in [-0.25, -0.2) is 9.59 Å². The quantitative estimate of drug-likeness (QED) is 0.597. The number of carbonyl (C=O) groups excluding carboxylic acids is 2. The normalized spacial score (nSPS) is 19.3. The summed E-state index contributed by atoms with van der Waals surface area (Å²) in [6, 6.07) is 16.3. The van der Waals surface area contributed by atoms with E-state index in [-0.39, 0.29) is 25.0 Å². The molecule has 2 amide bonds. The molecule has 3 N–H and O–H groups in total. The maximum absolute atomic E-state index is 12.9. The first-order valence-electron chi connectivity index (χ1n) is 11.6. The van der Waals surface area contributed by atoms with Crippen molar-refractivity contribution < 1.29 is 24.2 Å². The number of benzene rings is 2. The molecule has 0 aliphatic heterocycles. The van der Waals surface area contributed by atoms with Gasteiger partial charge in [-0.3, -0.25) is 4.79 Å². The smallest absolute Gasteiger partial charge is 0.407 e. The molecule has 7 nitrogen and oxygen atoms in total. The second kappa shape index (κ2) is 8.21. The lowest BCUT2D eigenvalue weighted by Crippen LogP contribution is -2.64. The van der Waals surface area contributed by atoms with Crippen molar-refractivity contribution in [3.8, 4) is 11.1 Å². The molecule has 3 aliphatic carbocycles. The Kier molecular flexibility index (Phi) is 5.35. The molecule has 0 bridgehead atoms. The van der Waals surface area contributed by atoms with E-state index in [2.05, 4.69) is 34.9 Å². The number of carboxylic acids is 1. The van der Waals surface area contributed by atoms with Gasteiger partial charge in [0.1, 0.15) is 12.1 Å². The highest BCUT2D eigenvalue weighted by molar-refractivity contribution is 5.91. The number of carboxylic acid groups (broad SMARTS) is 1. The number of hydrogen-bond donors (Lipinski definition) is 3. The van der Waals surface area contributed by atoms with E-state index in [1.165, 1.54) is 0 Å². The molecule has 0 spiro atoms. The van der Waals surface area contributed by atoms with Crippen molar-refractivity contribution in [3.63, 3.8) is 0 Å². The van der Waals surface area contributed by atoms with Crippen LogP contribution >= 0.6 is 0 Å². The standard InChI is InChI=1S/C26H28N2O5/c29-22(28-26(23(30)31)13-6-14-26)25(11-5-12-25)16-27-24(32)33-15-21-19-9-3-1-7-17(19)18-8-2-4-10-20(18)21/h1-4,7-10,21H,5-6,11-16H2,(H,27,32)(H,28,29)(H,30,31). The number of nitrogens with one attached hydrogen (secondary N) is 2.